The van der Waals surface area contributed by atoms with Gasteiger partial charge in [-0.05, 0) is 99.4 Å². The van der Waals surface area contributed by atoms with Crippen molar-refractivity contribution < 1.29 is 69.1 Å². The minimum atomic E-state index is -4.03. The quantitative estimate of drug-likeness (QED) is 0.298. The third kappa shape index (κ3) is 10.5. The Kier molecular flexibility index (Phi) is 12.4. The number of amides is 4. The predicted molar refractivity (Wildman–Crippen MR) is 213 cm³/mol. The fourth-order valence-corrected chi connectivity index (χ4v) is 10.0. The van der Waals surface area contributed by atoms with E-state index < -0.39 is 105 Å². The van der Waals surface area contributed by atoms with Crippen LogP contribution in [0.25, 0.3) is 0 Å². The first-order valence-corrected chi connectivity index (χ1v) is 23.1. The number of urea groups is 2. The summed E-state index contributed by atoms with van der Waals surface area (Å²) in [6.45, 7) is 16.7. The van der Waals surface area contributed by atoms with Crippen LogP contribution in [-0.4, -0.2) is 120 Å². The molecule has 338 valence electrons. The predicted octanol–water partition coefficient (Wildman–Crippen LogP) is 3.26. The van der Waals surface area contributed by atoms with E-state index in [9.17, 15) is 26.4 Å². The molecule has 10 atom stereocenters. The molecular weight excluding hydrogens is 841 g/mol. The average molecular weight is 897 g/mol. The van der Waals surface area contributed by atoms with Crippen LogP contribution in [0.5, 0.6) is 0 Å². The molecule has 8 rings (SSSR count). The van der Waals surface area contributed by atoms with Gasteiger partial charge in [-0.25, -0.2) is 35.9 Å². The summed E-state index contributed by atoms with van der Waals surface area (Å²) < 4.78 is 107. The van der Waals surface area contributed by atoms with Crippen molar-refractivity contribution in [1.82, 2.24) is 20.1 Å². The van der Waals surface area contributed by atoms with Crippen LogP contribution in [0.3, 0.4) is 0 Å². The molecule has 0 aliphatic carbocycles. The molecular formula is C40H56N4O15S2. The van der Waals surface area contributed by atoms with Crippen molar-refractivity contribution in [3.63, 3.8) is 0 Å². The number of sulfonamides is 2. The number of carbonyl (C=O) groups is 2. The lowest BCUT2D eigenvalue weighted by molar-refractivity contribution is -0.223. The van der Waals surface area contributed by atoms with Crippen LogP contribution >= 0.6 is 0 Å². The second-order valence-electron chi connectivity index (χ2n) is 17.8. The van der Waals surface area contributed by atoms with Gasteiger partial charge in [0.05, 0.1) is 40.2 Å². The van der Waals surface area contributed by atoms with Gasteiger partial charge in [0.1, 0.15) is 30.5 Å². The molecule has 0 radical (unpaired) electrons. The molecule has 19 nitrogen and oxygen atoms in total. The first-order chi connectivity index (χ1) is 28.3. The van der Waals surface area contributed by atoms with Crippen LogP contribution in [0.15, 0.2) is 64.4 Å². The number of carbonyl (C=O) groups excluding carboxylic acids is 2. The molecule has 21 heteroatoms. The number of hydrogen-bond acceptors (Lipinski definition) is 15. The number of rotatable bonds is 8. The Hall–Kier alpha value is -3.48. The summed E-state index contributed by atoms with van der Waals surface area (Å²) >= 11 is 0. The number of ether oxygens (including phenoxy) is 9. The van der Waals surface area contributed by atoms with Gasteiger partial charge in [0, 0.05) is 0 Å². The van der Waals surface area contributed by atoms with E-state index in [4.69, 9.17) is 42.6 Å². The topological polar surface area (TPSA) is 234 Å². The van der Waals surface area contributed by atoms with Crippen LogP contribution in [0, 0.1) is 6.92 Å². The second-order valence-corrected chi connectivity index (χ2v) is 21.2. The zero-order chi connectivity index (χ0) is 44.3. The summed E-state index contributed by atoms with van der Waals surface area (Å²) in [6.07, 6.45) is -2.96. The van der Waals surface area contributed by atoms with Crippen molar-refractivity contribution in [2.24, 2.45) is 0 Å². The lowest BCUT2D eigenvalue weighted by Crippen LogP contribution is -2.55. The van der Waals surface area contributed by atoms with Gasteiger partial charge in [-0.15, -0.1) is 0 Å². The van der Waals surface area contributed by atoms with Gasteiger partial charge in [-0.3, -0.25) is 0 Å². The van der Waals surface area contributed by atoms with E-state index in [1.807, 2.05) is 25.5 Å². The molecule has 2 aromatic carbocycles. The molecule has 2 aromatic rings. The third-order valence-corrected chi connectivity index (χ3v) is 13.6. The number of benzene rings is 2. The van der Waals surface area contributed by atoms with E-state index in [0.29, 0.717) is 0 Å². The molecule has 0 saturated carbocycles. The number of fused-ring (bicyclic) bond motifs is 2. The number of hydrogen-bond donors (Lipinski definition) is 4. The summed E-state index contributed by atoms with van der Waals surface area (Å²) in [4.78, 5) is 25.3. The summed E-state index contributed by atoms with van der Waals surface area (Å²) in [5.41, 5.74) is 0.620. The highest BCUT2D eigenvalue weighted by molar-refractivity contribution is 7.90. The lowest BCUT2D eigenvalue weighted by Gasteiger charge is -2.30. The van der Waals surface area contributed by atoms with Gasteiger partial charge in [-0.1, -0.05) is 35.9 Å². The highest BCUT2D eigenvalue weighted by Crippen LogP contribution is 2.43. The van der Waals surface area contributed by atoms with E-state index in [1.165, 1.54) is 24.3 Å². The minimum absolute atomic E-state index is 0.00723. The average Bonchev–Trinajstić information content (AvgIpc) is 3.97. The van der Waals surface area contributed by atoms with Gasteiger partial charge in [0.2, 0.25) is 0 Å². The van der Waals surface area contributed by atoms with Crippen LogP contribution in [0.2, 0.25) is 0 Å². The normalized spacial score (nSPS) is 34.1. The smallest absolute Gasteiger partial charge is 0.329 e. The Morgan fingerprint density at radius 3 is 1.49 bits per heavy atom. The largest absolute Gasteiger partial charge is 0.370 e. The van der Waals surface area contributed by atoms with Gasteiger partial charge < -0.3 is 53.3 Å². The molecule has 6 fully saturated rings. The van der Waals surface area contributed by atoms with E-state index in [-0.39, 0.29) is 28.1 Å². The summed E-state index contributed by atoms with van der Waals surface area (Å²) in [7, 11) is -8.06. The Labute approximate surface area is 356 Å². The second kappa shape index (κ2) is 16.6. The highest BCUT2D eigenvalue weighted by Gasteiger charge is 2.60. The highest BCUT2D eigenvalue weighted by atomic mass is 32.2. The van der Waals surface area contributed by atoms with Gasteiger partial charge in [0.15, 0.2) is 29.9 Å². The van der Waals surface area contributed by atoms with Crippen molar-refractivity contribution in [3.8, 4) is 0 Å². The summed E-state index contributed by atoms with van der Waals surface area (Å²) in [5, 5.41) is 5.41. The fraction of sp³-hybridized carbons (Fsp3) is 0.650. The molecule has 61 heavy (non-hydrogen) atoms. The van der Waals surface area contributed by atoms with Crippen molar-refractivity contribution in [1.29, 1.82) is 0 Å². The third-order valence-electron chi connectivity index (χ3n) is 10.9. The van der Waals surface area contributed by atoms with Crippen molar-refractivity contribution in [2.45, 2.75) is 169 Å². The van der Waals surface area contributed by atoms with Gasteiger partial charge >= 0.3 is 12.1 Å². The molecule has 6 aliphatic rings. The summed E-state index contributed by atoms with van der Waals surface area (Å²) in [6, 6.07) is 10.8. The zero-order valence-corrected chi connectivity index (χ0v) is 37.2. The molecule has 4 amide bonds. The Morgan fingerprint density at radius 2 is 1.05 bits per heavy atom. The zero-order valence-electron chi connectivity index (χ0n) is 35.5. The number of aryl methyl sites for hydroxylation is 1. The molecule has 6 saturated heterocycles. The van der Waals surface area contributed by atoms with Crippen LogP contribution < -0.4 is 20.1 Å². The lowest BCUT2D eigenvalue weighted by atomic mass is 9.99. The van der Waals surface area contributed by atoms with Crippen LogP contribution in [0.1, 0.15) is 73.8 Å². The maximum absolute atomic E-state index is 12.7. The van der Waals surface area contributed by atoms with E-state index in [0.717, 1.165) is 18.4 Å². The maximum Gasteiger partial charge on any atom is 0.329 e. The van der Waals surface area contributed by atoms with E-state index in [2.05, 4.69) is 15.4 Å². The maximum atomic E-state index is 12.7. The van der Waals surface area contributed by atoms with Gasteiger partial charge in [0.25, 0.3) is 20.0 Å². The first kappa shape index (κ1) is 45.5. The fourth-order valence-electron chi connectivity index (χ4n) is 8.20. The monoisotopic (exact) mass is 896 g/mol. The molecule has 10 unspecified atom stereocenters. The van der Waals surface area contributed by atoms with Crippen molar-refractivity contribution in [2.75, 3.05) is 6.61 Å². The first-order valence-electron chi connectivity index (χ1n) is 20.1. The Bertz CT molecular complexity index is 2150. The van der Waals surface area contributed by atoms with E-state index in [1.54, 1.807) is 71.9 Å². The Morgan fingerprint density at radius 1 is 0.574 bits per heavy atom. The van der Waals surface area contributed by atoms with Crippen LogP contribution in [0.4, 0.5) is 9.59 Å². The van der Waals surface area contributed by atoms with Crippen molar-refractivity contribution in [3.05, 3.63) is 60.2 Å². The van der Waals surface area contributed by atoms with Crippen molar-refractivity contribution >= 4 is 32.1 Å². The SMILES string of the molecule is CC1(C)OCC(C2OC3OC(C)(C)OC3C2NC(=O)NS(=O)(=O)c2ccccc2)O1.Cc1ccc(S(=O)(=O)NC(=O)NC2C(C3CCC(C)(C)O3)OC3OC(C)(C)OC32)cc1. The number of nitrogens with one attached hydrogen (secondary N) is 4. The molecule has 6 aliphatic heterocycles. The van der Waals surface area contributed by atoms with Gasteiger partial charge in [-0.2, -0.15) is 0 Å². The summed E-state index contributed by atoms with van der Waals surface area (Å²) in [5.74, 6) is -2.57. The molecule has 0 aromatic heterocycles. The standard InChI is InChI=1S/C21H30N2O7S.C19H26N2O8S/c1-12-6-8-13(9-7-12)31(25,26)23-19(24)22-15-16(14-10-11-20(2,3)28-14)27-18-17(15)29-21(4,5)30-18;1-18(2)25-10-12(27-18)14-13(15-16(26-14)29-19(3,4)28-15)20-17(22)21-30(23,24)11-8-6-5-7-9-11/h6-9,14-18H,10-11H2,1-5H3,(H2,22,23,24);5-9,12-16H,10H2,1-4H3,(H2,20,21,22). The molecule has 0 bridgehead atoms. The Balaban J connectivity index is 0.000000184. The van der Waals surface area contributed by atoms with E-state index >= 15 is 0 Å². The molecule has 6 heterocycles. The minimum Gasteiger partial charge on any atom is -0.370 e. The molecule has 4 N–H and O–H groups in total. The van der Waals surface area contributed by atoms with Crippen LogP contribution in [-0.2, 0) is 62.7 Å². The molecule has 0 spiro atoms.